The first kappa shape index (κ1) is 28.3. The van der Waals surface area contributed by atoms with Gasteiger partial charge < -0.3 is 19.9 Å². The van der Waals surface area contributed by atoms with E-state index in [0.717, 1.165) is 11.1 Å². The molecule has 0 spiro atoms. The first-order valence-corrected chi connectivity index (χ1v) is 14.9. The third-order valence-electron chi connectivity index (χ3n) is 6.73. The van der Waals surface area contributed by atoms with Crippen LogP contribution in [0.5, 0.6) is 0 Å². The van der Waals surface area contributed by atoms with Gasteiger partial charge in [0.1, 0.15) is 24.1 Å². The van der Waals surface area contributed by atoms with Gasteiger partial charge in [0.15, 0.2) is 28.4 Å². The summed E-state index contributed by atoms with van der Waals surface area (Å²) in [6.45, 7) is 3.30. The third-order valence-corrected chi connectivity index (χ3v) is 8.56. The number of rotatable bonds is 10. The molecule has 4 heterocycles. The zero-order valence-electron chi connectivity index (χ0n) is 22.4. The topological polar surface area (TPSA) is 142 Å². The van der Waals surface area contributed by atoms with E-state index >= 15 is 0 Å². The highest BCUT2D eigenvalue weighted by atomic mass is 32.1. The molecule has 2 saturated heterocycles. The Labute approximate surface area is 242 Å². The van der Waals surface area contributed by atoms with Gasteiger partial charge in [-0.2, -0.15) is 0 Å². The molecule has 12 nitrogen and oxygen atoms in total. The van der Waals surface area contributed by atoms with Gasteiger partial charge in [-0.1, -0.05) is 60.7 Å². The van der Waals surface area contributed by atoms with Crippen LogP contribution in [0.3, 0.4) is 0 Å². The van der Waals surface area contributed by atoms with Crippen LogP contribution in [0.25, 0.3) is 11.2 Å². The molecule has 0 bridgehead atoms. The van der Waals surface area contributed by atoms with E-state index in [1.165, 1.54) is 6.33 Å². The smallest absolute Gasteiger partial charge is 0.382 e. The lowest BCUT2D eigenvalue weighted by atomic mass is 10.1. The first-order valence-electron chi connectivity index (χ1n) is 13.0. The fourth-order valence-electron chi connectivity index (χ4n) is 4.82. The summed E-state index contributed by atoms with van der Waals surface area (Å²) in [6.07, 6.45) is 0.772. The molecule has 14 heteroatoms. The number of ether oxygens (including phenoxy) is 3. The van der Waals surface area contributed by atoms with Crippen molar-refractivity contribution in [2.75, 3.05) is 12.3 Å². The molecule has 2 aliphatic heterocycles. The summed E-state index contributed by atoms with van der Waals surface area (Å²) in [6, 6.07) is 18.6. The monoisotopic (exact) mass is 599 g/mol. The van der Waals surface area contributed by atoms with E-state index in [0.29, 0.717) is 11.2 Å². The number of imidazole rings is 1. The Morgan fingerprint density at radius 3 is 2.20 bits per heavy atom. The number of nitrogens with zero attached hydrogens (tertiary/aromatic N) is 4. The Bertz CT molecular complexity index is 1510. The average Bonchev–Trinajstić information content (AvgIpc) is 3.62. The van der Waals surface area contributed by atoms with Crippen molar-refractivity contribution < 1.29 is 32.3 Å². The minimum atomic E-state index is -4.12. The number of fused-ring (bicyclic) bond motifs is 2. The molecule has 2 unspecified atom stereocenters. The van der Waals surface area contributed by atoms with Crippen LogP contribution in [-0.4, -0.2) is 49.1 Å². The van der Waals surface area contributed by atoms with Crippen molar-refractivity contribution in [2.24, 2.45) is 0 Å². The van der Waals surface area contributed by atoms with Crippen molar-refractivity contribution >= 4 is 37.4 Å². The van der Waals surface area contributed by atoms with E-state index < -0.39 is 37.0 Å². The molecule has 4 atom stereocenters. The van der Waals surface area contributed by atoms with Gasteiger partial charge in [-0.3, -0.25) is 18.1 Å². The van der Waals surface area contributed by atoms with E-state index in [2.05, 4.69) is 15.0 Å². The summed E-state index contributed by atoms with van der Waals surface area (Å²) >= 11 is 4.85. The van der Waals surface area contributed by atoms with Crippen LogP contribution in [0, 0.1) is 0 Å². The number of thiol groups is 1. The highest BCUT2D eigenvalue weighted by Gasteiger charge is 2.63. The molecule has 0 amide bonds. The predicted molar refractivity (Wildman–Crippen MR) is 151 cm³/mol. The number of nitrogen functional groups attached to an aromatic ring is 1. The summed E-state index contributed by atoms with van der Waals surface area (Å²) in [5, 5.41) is 0. The lowest BCUT2D eigenvalue weighted by Crippen LogP contribution is -2.42. The van der Waals surface area contributed by atoms with Gasteiger partial charge in [0.25, 0.3) is 0 Å². The van der Waals surface area contributed by atoms with E-state index in [9.17, 15) is 4.57 Å². The van der Waals surface area contributed by atoms with Crippen molar-refractivity contribution in [1.29, 1.82) is 0 Å². The lowest BCUT2D eigenvalue weighted by molar-refractivity contribution is -0.205. The standard InChI is InChI=1S/C27H30N5O7PS/c1-26(2)37-21-22(38-26)27(41,39-25(21)32-17-31-20-23(28)29-16-30-24(20)32)15-36-40(33,34-13-18-9-5-3-6-10-18)35-14-19-11-7-4-8-12-19/h3-12,16-17,21-22,25,41H,13-15H2,1-2H3,(H2,28,29,30)/t21?,22?,25-,27+/m1/s1. The first-order chi connectivity index (χ1) is 19.6. The van der Waals surface area contributed by atoms with Crippen LogP contribution in [0.2, 0.25) is 0 Å². The second-order valence-corrected chi connectivity index (χ2v) is 12.6. The quantitative estimate of drug-likeness (QED) is 0.194. The van der Waals surface area contributed by atoms with Gasteiger partial charge >= 0.3 is 7.82 Å². The zero-order chi connectivity index (χ0) is 28.7. The number of hydrogen-bond acceptors (Lipinski definition) is 12. The molecule has 0 radical (unpaired) electrons. The molecule has 2 fully saturated rings. The summed E-state index contributed by atoms with van der Waals surface area (Å²) in [4.78, 5) is 11.3. The van der Waals surface area contributed by atoms with Crippen molar-refractivity contribution in [3.05, 3.63) is 84.4 Å². The third kappa shape index (κ3) is 5.90. The van der Waals surface area contributed by atoms with E-state index in [4.69, 9.17) is 46.1 Å². The minimum absolute atomic E-state index is 0.0107. The molecule has 216 valence electrons. The van der Waals surface area contributed by atoms with Gasteiger partial charge in [0.2, 0.25) is 0 Å². The van der Waals surface area contributed by atoms with Gasteiger partial charge in [-0.15, -0.1) is 12.6 Å². The van der Waals surface area contributed by atoms with E-state index in [1.54, 1.807) is 24.7 Å². The van der Waals surface area contributed by atoms with Crippen LogP contribution in [0.4, 0.5) is 5.82 Å². The van der Waals surface area contributed by atoms with E-state index in [-0.39, 0.29) is 25.6 Å². The summed E-state index contributed by atoms with van der Waals surface area (Å²) in [7, 11) is -4.12. The average molecular weight is 600 g/mol. The second kappa shape index (κ2) is 11.1. The number of aromatic nitrogens is 4. The highest BCUT2D eigenvalue weighted by molar-refractivity contribution is 7.81. The molecule has 2 aromatic heterocycles. The molecular formula is C27H30N5O7PS. The maximum absolute atomic E-state index is 13.9. The van der Waals surface area contributed by atoms with Gasteiger partial charge in [0.05, 0.1) is 26.1 Å². The van der Waals surface area contributed by atoms with Crippen LogP contribution in [0.15, 0.2) is 73.3 Å². The molecule has 2 aliphatic rings. The molecule has 41 heavy (non-hydrogen) atoms. The molecule has 4 aromatic rings. The van der Waals surface area contributed by atoms with Gasteiger partial charge in [-0.25, -0.2) is 19.5 Å². The lowest BCUT2D eigenvalue weighted by Gasteiger charge is -2.31. The molecule has 2 aromatic carbocycles. The van der Waals surface area contributed by atoms with Crippen LogP contribution in [-0.2, 0) is 45.6 Å². The Kier molecular flexibility index (Phi) is 7.64. The van der Waals surface area contributed by atoms with Crippen LogP contribution >= 0.6 is 20.5 Å². The number of anilines is 1. The Balaban J connectivity index is 1.25. The Morgan fingerprint density at radius 2 is 1.56 bits per heavy atom. The van der Waals surface area contributed by atoms with Crippen molar-refractivity contribution in [1.82, 2.24) is 19.5 Å². The number of benzene rings is 2. The summed E-state index contributed by atoms with van der Waals surface area (Å²) in [5.41, 5.74) is 8.48. The summed E-state index contributed by atoms with van der Waals surface area (Å²) < 4.78 is 51.9. The number of hydrogen-bond donors (Lipinski definition) is 2. The second-order valence-electron chi connectivity index (χ2n) is 10.2. The number of phosphoric ester groups is 1. The van der Waals surface area contributed by atoms with Crippen molar-refractivity contribution in [2.45, 2.75) is 56.2 Å². The normalized spacial score (nSPS) is 25.5. The van der Waals surface area contributed by atoms with Gasteiger partial charge in [-0.05, 0) is 25.0 Å². The predicted octanol–water partition coefficient (Wildman–Crippen LogP) is 4.64. The van der Waals surface area contributed by atoms with Gasteiger partial charge in [0, 0.05) is 0 Å². The van der Waals surface area contributed by atoms with E-state index in [1.807, 2.05) is 60.7 Å². The Morgan fingerprint density at radius 1 is 0.927 bits per heavy atom. The fourth-order valence-corrected chi connectivity index (χ4v) is 6.48. The van der Waals surface area contributed by atoms with Crippen LogP contribution in [0.1, 0.15) is 31.2 Å². The largest absolute Gasteiger partial charge is 0.475 e. The molecule has 0 saturated carbocycles. The van der Waals surface area contributed by atoms with Crippen LogP contribution < -0.4 is 5.73 Å². The maximum Gasteiger partial charge on any atom is 0.475 e. The molecular weight excluding hydrogens is 569 g/mol. The number of phosphoric acid groups is 1. The fraction of sp³-hybridized carbons (Fsp3) is 0.370. The maximum atomic E-state index is 13.9. The minimum Gasteiger partial charge on any atom is -0.382 e. The van der Waals surface area contributed by atoms with Crippen molar-refractivity contribution in [3.63, 3.8) is 0 Å². The molecule has 0 aliphatic carbocycles. The summed E-state index contributed by atoms with van der Waals surface area (Å²) in [5.74, 6) is -0.715. The SMILES string of the molecule is CC1(C)OC2C(O1)[C@@](S)(COP(=O)(OCc1ccccc1)OCc1ccccc1)O[C@H]2n1cnc2c(N)ncnc21. The Hall–Kier alpha value is -2.87. The molecule has 2 N–H and O–H groups in total. The molecule has 6 rings (SSSR count). The number of nitrogens with two attached hydrogens (primary N) is 1. The van der Waals surface area contributed by atoms with Crippen molar-refractivity contribution in [3.8, 4) is 0 Å². The zero-order valence-corrected chi connectivity index (χ0v) is 24.2. The highest BCUT2D eigenvalue weighted by Crippen LogP contribution is 2.55.